The van der Waals surface area contributed by atoms with Crippen LogP contribution in [0.2, 0.25) is 0 Å². The molecule has 0 radical (unpaired) electrons. The van der Waals surface area contributed by atoms with Crippen LogP contribution >= 0.6 is 0 Å². The molecule has 1 aliphatic carbocycles. The molecule has 1 aliphatic rings. The van der Waals surface area contributed by atoms with Crippen molar-refractivity contribution in [3.05, 3.63) is 10.4 Å². The summed E-state index contributed by atoms with van der Waals surface area (Å²) < 4.78 is 5.15. The average Bonchev–Trinajstić information content (AvgIpc) is 2.68. The zero-order valence-electron chi connectivity index (χ0n) is 10.5. The van der Waals surface area contributed by atoms with Gasteiger partial charge < -0.3 is 10.1 Å². The largest absolute Gasteiger partial charge is 0.465 e. The van der Waals surface area contributed by atoms with E-state index in [2.05, 4.69) is 22.3 Å². The Morgan fingerprint density at radius 1 is 1.71 bits per heavy atom. The summed E-state index contributed by atoms with van der Waals surface area (Å²) in [5, 5.41) is 6.69. The van der Waals surface area contributed by atoms with Gasteiger partial charge in [-0.3, -0.25) is 4.79 Å². The third kappa shape index (κ3) is 3.11. The molecule has 0 heterocycles. The fourth-order valence-electron chi connectivity index (χ4n) is 2.45. The number of hydrogen-bond donors (Lipinski definition) is 1. The molecular formula is C11H20N4O2. The lowest BCUT2D eigenvalue weighted by Crippen LogP contribution is -2.55. The first-order valence-electron chi connectivity index (χ1n) is 6.10. The van der Waals surface area contributed by atoms with Gasteiger partial charge in [0.05, 0.1) is 6.61 Å². The number of nitrogens with one attached hydrogen (secondary N) is 1. The first-order chi connectivity index (χ1) is 8.17. The molecule has 1 saturated carbocycles. The molecule has 6 nitrogen and oxygen atoms in total. The van der Waals surface area contributed by atoms with Crippen molar-refractivity contribution in [2.24, 2.45) is 11.0 Å². The van der Waals surface area contributed by atoms with E-state index in [1.165, 1.54) is 0 Å². The zero-order valence-corrected chi connectivity index (χ0v) is 10.5. The topological polar surface area (TPSA) is 87.1 Å². The van der Waals surface area contributed by atoms with Gasteiger partial charge in [0.25, 0.3) is 0 Å². The molecule has 1 rings (SSSR count). The maximum Gasteiger partial charge on any atom is 0.326 e. The van der Waals surface area contributed by atoms with Crippen molar-refractivity contribution >= 4 is 5.97 Å². The number of hydrogen-bond acceptors (Lipinski definition) is 4. The van der Waals surface area contributed by atoms with Crippen molar-refractivity contribution < 1.29 is 9.53 Å². The predicted molar refractivity (Wildman–Crippen MR) is 64.4 cm³/mol. The molecule has 17 heavy (non-hydrogen) atoms. The summed E-state index contributed by atoms with van der Waals surface area (Å²) >= 11 is 0. The van der Waals surface area contributed by atoms with Crippen LogP contribution in [0.3, 0.4) is 0 Å². The van der Waals surface area contributed by atoms with Crippen LogP contribution in [0.5, 0.6) is 0 Å². The Balaban J connectivity index is 2.65. The maximum absolute atomic E-state index is 12.1. The molecule has 0 aliphatic heterocycles. The Morgan fingerprint density at radius 3 is 3.00 bits per heavy atom. The molecule has 2 unspecified atom stereocenters. The van der Waals surface area contributed by atoms with Crippen LogP contribution in [0.15, 0.2) is 5.11 Å². The van der Waals surface area contributed by atoms with Gasteiger partial charge in [-0.15, -0.1) is 0 Å². The Bertz CT molecular complexity index is 315. The Morgan fingerprint density at radius 2 is 2.47 bits per heavy atom. The van der Waals surface area contributed by atoms with Crippen molar-refractivity contribution in [1.82, 2.24) is 5.32 Å². The fourth-order valence-corrected chi connectivity index (χ4v) is 2.45. The average molecular weight is 240 g/mol. The van der Waals surface area contributed by atoms with Crippen molar-refractivity contribution in [2.45, 2.75) is 38.6 Å². The van der Waals surface area contributed by atoms with Gasteiger partial charge in [0.1, 0.15) is 5.54 Å². The van der Waals surface area contributed by atoms with Gasteiger partial charge in [-0.1, -0.05) is 18.5 Å². The first kappa shape index (κ1) is 13.8. The summed E-state index contributed by atoms with van der Waals surface area (Å²) in [7, 11) is 0. The molecule has 1 fully saturated rings. The molecule has 0 aromatic rings. The summed E-state index contributed by atoms with van der Waals surface area (Å²) in [6.07, 6.45) is 2.84. The van der Waals surface area contributed by atoms with E-state index in [-0.39, 0.29) is 11.9 Å². The quantitative estimate of drug-likeness (QED) is 0.253. The second kappa shape index (κ2) is 6.47. The monoisotopic (exact) mass is 240 g/mol. The van der Waals surface area contributed by atoms with Gasteiger partial charge in [0.15, 0.2) is 0 Å². The van der Waals surface area contributed by atoms with E-state index < -0.39 is 5.54 Å². The van der Waals surface area contributed by atoms with E-state index in [1.54, 1.807) is 0 Å². The number of azide groups is 1. The third-order valence-corrected chi connectivity index (χ3v) is 3.40. The Kier molecular flexibility index (Phi) is 5.25. The van der Waals surface area contributed by atoms with Crippen LogP contribution in [0.25, 0.3) is 10.4 Å². The van der Waals surface area contributed by atoms with Crippen LogP contribution in [-0.2, 0) is 9.53 Å². The van der Waals surface area contributed by atoms with Gasteiger partial charge >= 0.3 is 5.97 Å². The summed E-state index contributed by atoms with van der Waals surface area (Å²) in [4.78, 5) is 14.7. The molecular weight excluding hydrogens is 220 g/mol. The highest BCUT2D eigenvalue weighted by atomic mass is 16.5. The molecule has 0 spiro atoms. The molecule has 0 aromatic heterocycles. The van der Waals surface area contributed by atoms with Crippen LogP contribution in [0, 0.1) is 5.92 Å². The van der Waals surface area contributed by atoms with Crippen molar-refractivity contribution in [1.29, 1.82) is 0 Å². The van der Waals surface area contributed by atoms with E-state index in [4.69, 9.17) is 10.3 Å². The van der Waals surface area contributed by atoms with Crippen LogP contribution in [0.4, 0.5) is 0 Å². The van der Waals surface area contributed by atoms with E-state index in [9.17, 15) is 4.79 Å². The highest BCUT2D eigenvalue weighted by Gasteiger charge is 2.47. The number of rotatable bonds is 6. The number of ether oxygens (including phenoxy) is 1. The van der Waals surface area contributed by atoms with E-state index in [0.717, 1.165) is 19.3 Å². The Hall–Kier alpha value is -1.26. The van der Waals surface area contributed by atoms with Gasteiger partial charge in [-0.05, 0) is 31.2 Å². The highest BCUT2D eigenvalue weighted by molar-refractivity contribution is 5.81. The van der Waals surface area contributed by atoms with Gasteiger partial charge in [-0.2, -0.15) is 0 Å². The Labute approximate surface area is 101 Å². The predicted octanol–water partition coefficient (Wildman–Crippen LogP) is 2.01. The molecule has 0 aromatic carbocycles. The summed E-state index contributed by atoms with van der Waals surface area (Å²) in [5.41, 5.74) is 7.62. The molecule has 0 saturated heterocycles. The minimum atomic E-state index is -0.582. The third-order valence-electron chi connectivity index (χ3n) is 3.40. The molecule has 1 N–H and O–H groups in total. The van der Waals surface area contributed by atoms with Crippen LogP contribution in [-0.4, -0.2) is 31.2 Å². The standard InChI is InChI=1S/C11H20N4O2/c1-3-17-10(16)11(6-4-5-9(11)2)13-7-8-14-15-12/h9,13H,3-8H2,1-2H3. The van der Waals surface area contributed by atoms with E-state index in [0.29, 0.717) is 19.7 Å². The van der Waals surface area contributed by atoms with Crippen LogP contribution < -0.4 is 5.32 Å². The summed E-state index contributed by atoms with van der Waals surface area (Å²) in [6, 6.07) is 0. The maximum atomic E-state index is 12.1. The number of nitrogens with zero attached hydrogens (tertiary/aromatic N) is 3. The lowest BCUT2D eigenvalue weighted by molar-refractivity contribution is -0.152. The minimum absolute atomic E-state index is 0.175. The van der Waals surface area contributed by atoms with Gasteiger partial charge in [0, 0.05) is 18.0 Å². The normalized spacial score (nSPS) is 27.5. The van der Waals surface area contributed by atoms with Gasteiger partial charge in [0.2, 0.25) is 0 Å². The van der Waals surface area contributed by atoms with Crippen LogP contribution in [0.1, 0.15) is 33.1 Å². The number of carbonyl (C=O) groups excluding carboxylic acids is 1. The molecule has 2 atom stereocenters. The van der Waals surface area contributed by atoms with Crippen molar-refractivity contribution in [3.8, 4) is 0 Å². The van der Waals surface area contributed by atoms with E-state index >= 15 is 0 Å². The zero-order chi connectivity index (χ0) is 12.7. The van der Waals surface area contributed by atoms with Gasteiger partial charge in [-0.25, -0.2) is 0 Å². The molecule has 0 amide bonds. The summed E-state index contributed by atoms with van der Waals surface area (Å²) in [6.45, 7) is 5.12. The second-order valence-electron chi connectivity index (χ2n) is 4.37. The first-order valence-corrected chi connectivity index (χ1v) is 6.10. The second-order valence-corrected chi connectivity index (χ2v) is 4.37. The SMILES string of the molecule is CCOC(=O)C1(NCCN=[N+]=[N-])CCCC1C. The fraction of sp³-hybridized carbons (Fsp3) is 0.909. The minimum Gasteiger partial charge on any atom is -0.465 e. The molecule has 0 bridgehead atoms. The number of esters is 1. The number of carbonyl (C=O) groups is 1. The lowest BCUT2D eigenvalue weighted by Gasteiger charge is -2.32. The van der Waals surface area contributed by atoms with Crippen molar-refractivity contribution in [3.63, 3.8) is 0 Å². The highest BCUT2D eigenvalue weighted by Crippen LogP contribution is 2.36. The molecule has 96 valence electrons. The molecule has 6 heteroatoms. The lowest BCUT2D eigenvalue weighted by atomic mass is 9.88. The smallest absolute Gasteiger partial charge is 0.326 e. The summed E-state index contributed by atoms with van der Waals surface area (Å²) in [5.74, 6) is 0.0820. The van der Waals surface area contributed by atoms with Crippen molar-refractivity contribution in [2.75, 3.05) is 19.7 Å². The van der Waals surface area contributed by atoms with E-state index in [1.807, 2.05) is 6.92 Å².